The third-order valence-corrected chi connectivity index (χ3v) is 6.44. The third kappa shape index (κ3) is 3.42. The number of halogens is 2. The van der Waals surface area contributed by atoms with Crippen LogP contribution in [0.4, 0.5) is 11.4 Å². The van der Waals surface area contributed by atoms with Gasteiger partial charge >= 0.3 is 0 Å². The first-order valence-corrected chi connectivity index (χ1v) is 11.1. The van der Waals surface area contributed by atoms with Crippen molar-refractivity contribution in [2.75, 3.05) is 0 Å². The number of carbonyl (C=O) groups excluding carboxylic acids is 1. The molecule has 1 atom stereocenters. The highest BCUT2D eigenvalue weighted by atomic mass is 35.5. The zero-order chi connectivity index (χ0) is 24.0. The fraction of sp³-hybridized carbons (Fsp3) is 0.0769. The van der Waals surface area contributed by atoms with E-state index in [4.69, 9.17) is 33.9 Å². The van der Waals surface area contributed by atoms with Gasteiger partial charge in [-0.15, -0.1) is 4.99 Å². The Morgan fingerprint density at radius 2 is 1.62 bits per heavy atom. The van der Waals surface area contributed by atoms with Gasteiger partial charge < -0.3 is 10.8 Å². The molecule has 1 aliphatic carbocycles. The third-order valence-electron chi connectivity index (χ3n) is 5.93. The normalized spacial score (nSPS) is 20.8. The molecule has 166 valence electrons. The van der Waals surface area contributed by atoms with Crippen LogP contribution in [0.5, 0.6) is 0 Å². The molecule has 3 aromatic carbocycles. The molecular weight excluding hydrogens is 471 g/mol. The van der Waals surface area contributed by atoms with Crippen LogP contribution >= 0.6 is 23.2 Å². The predicted octanol–water partition coefficient (Wildman–Crippen LogP) is 4.40. The summed E-state index contributed by atoms with van der Waals surface area (Å²) in [6.45, 7) is 0. The van der Waals surface area contributed by atoms with Crippen LogP contribution in [0.15, 0.2) is 88.9 Å². The maximum absolute atomic E-state index is 14.5. The minimum Gasteiger partial charge on any atom is -0.842 e. The Balaban J connectivity index is 1.83. The monoisotopic (exact) mass is 486 g/mol. The van der Waals surface area contributed by atoms with E-state index in [0.717, 1.165) is 0 Å². The van der Waals surface area contributed by atoms with Gasteiger partial charge in [0.15, 0.2) is 5.78 Å². The lowest BCUT2D eigenvalue weighted by Crippen LogP contribution is -2.43. The van der Waals surface area contributed by atoms with E-state index in [-0.39, 0.29) is 34.8 Å². The fourth-order valence-electron chi connectivity index (χ4n) is 4.41. The van der Waals surface area contributed by atoms with Crippen LogP contribution in [-0.4, -0.2) is 22.0 Å². The highest BCUT2D eigenvalue weighted by Crippen LogP contribution is 2.45. The lowest BCUT2D eigenvalue weighted by Gasteiger charge is -2.36. The zero-order valence-electron chi connectivity index (χ0n) is 17.6. The number of nitrogens with zero attached hydrogens (tertiary/aromatic N) is 3. The molecule has 0 saturated heterocycles. The van der Waals surface area contributed by atoms with E-state index in [0.29, 0.717) is 27.0 Å². The number of amidine groups is 2. The highest BCUT2D eigenvalue weighted by molar-refractivity contribution is 6.31. The number of benzene rings is 3. The minimum atomic E-state index is -2.03. The second kappa shape index (κ2) is 8.23. The van der Waals surface area contributed by atoms with Crippen LogP contribution in [0.3, 0.4) is 0 Å². The fourth-order valence-corrected chi connectivity index (χ4v) is 4.66. The van der Waals surface area contributed by atoms with Gasteiger partial charge in [-0.25, -0.2) is 0 Å². The lowest BCUT2D eigenvalue weighted by atomic mass is 9.86. The Hall–Kier alpha value is -3.76. The van der Waals surface area contributed by atoms with Crippen molar-refractivity contribution in [2.24, 2.45) is 10.7 Å². The number of carbonyl (C=O) groups is 1. The summed E-state index contributed by atoms with van der Waals surface area (Å²) < 4.78 is 1.53. The molecule has 0 spiro atoms. The molecule has 0 radical (unpaired) electrons. The second-order valence-electron chi connectivity index (χ2n) is 7.94. The molecule has 6 nitrogen and oxygen atoms in total. The molecule has 1 aliphatic heterocycles. The summed E-state index contributed by atoms with van der Waals surface area (Å²) in [5.41, 5.74) is 5.83. The summed E-state index contributed by atoms with van der Waals surface area (Å²) >= 11 is 12.1. The van der Waals surface area contributed by atoms with E-state index in [2.05, 4.69) is 0 Å². The van der Waals surface area contributed by atoms with Crippen molar-refractivity contribution < 1.29 is 14.5 Å². The van der Waals surface area contributed by atoms with E-state index in [9.17, 15) is 15.2 Å². The van der Waals surface area contributed by atoms with Crippen LogP contribution in [0.2, 0.25) is 10.0 Å². The summed E-state index contributed by atoms with van der Waals surface area (Å²) in [5, 5.41) is 25.6. The minimum absolute atomic E-state index is 0.0496. The van der Waals surface area contributed by atoms with Crippen molar-refractivity contribution >= 4 is 52.0 Å². The number of aliphatic imine (C=N–C) groups is 1. The number of nitrogens with two attached hydrogens (primary N) is 1. The van der Waals surface area contributed by atoms with Crippen molar-refractivity contribution in [1.29, 1.82) is 5.26 Å². The van der Waals surface area contributed by atoms with E-state index in [1.807, 2.05) is 6.07 Å². The number of hydrogen-bond donors (Lipinski definition) is 1. The molecule has 0 fully saturated rings. The Morgan fingerprint density at radius 3 is 2.26 bits per heavy atom. The van der Waals surface area contributed by atoms with Gasteiger partial charge in [0.1, 0.15) is 23.0 Å². The maximum atomic E-state index is 14.5. The number of Topliss-reactive ketones (excluding diaryl/α,β-unsaturated/α-hetero) is 1. The molecule has 5 rings (SSSR count). The Labute approximate surface area is 205 Å². The van der Waals surface area contributed by atoms with Gasteiger partial charge in [0.2, 0.25) is 11.7 Å². The second-order valence-corrected chi connectivity index (χ2v) is 8.81. The maximum Gasteiger partial charge on any atom is 0.243 e. The van der Waals surface area contributed by atoms with Crippen LogP contribution in [0, 0.1) is 11.3 Å². The molecule has 3 aromatic rings. The number of hydrogen-bond acceptors (Lipinski definition) is 5. The Bertz CT molecular complexity index is 1480. The number of rotatable bonds is 2. The van der Waals surface area contributed by atoms with Crippen molar-refractivity contribution in [3.63, 3.8) is 0 Å². The average Bonchev–Trinajstić information content (AvgIpc) is 2.98. The molecule has 2 N–H and O–H groups in total. The van der Waals surface area contributed by atoms with Crippen molar-refractivity contribution in [2.45, 2.75) is 12.0 Å². The highest BCUT2D eigenvalue weighted by Gasteiger charge is 2.47. The van der Waals surface area contributed by atoms with Gasteiger partial charge in [-0.05, 0) is 59.7 Å². The van der Waals surface area contributed by atoms with Gasteiger partial charge in [-0.2, -0.15) is 9.84 Å². The topological polar surface area (TPSA) is 105 Å². The van der Waals surface area contributed by atoms with E-state index >= 15 is 0 Å². The molecular formula is C26H16Cl2N4O2. The standard InChI is InChI=1S/C26H15Cl2N4O2/c27-15-5-9-17(10-6-15)31-22-13-26(34)21-4-2-1-3-19(21)24(33)23(26)20(14-29)25(30)32(22)18-11-7-16(28)8-12-18/h1-12,30H,13H2/q-1/p+1. The molecule has 0 bridgehead atoms. The van der Waals surface area contributed by atoms with Crippen LogP contribution < -0.4 is 10.8 Å². The van der Waals surface area contributed by atoms with Crippen molar-refractivity contribution in [3.05, 3.63) is 105 Å². The zero-order valence-corrected chi connectivity index (χ0v) is 19.1. The predicted molar refractivity (Wildman–Crippen MR) is 129 cm³/mol. The summed E-state index contributed by atoms with van der Waals surface area (Å²) in [4.78, 5) is 18.1. The molecule has 0 amide bonds. The first-order chi connectivity index (χ1) is 16.3. The van der Waals surface area contributed by atoms with Gasteiger partial charge in [-0.1, -0.05) is 47.5 Å². The number of ketones is 1. The largest absolute Gasteiger partial charge is 0.842 e. The molecule has 2 aliphatic rings. The molecule has 0 aromatic heterocycles. The Kier molecular flexibility index (Phi) is 5.34. The molecule has 8 heteroatoms. The van der Waals surface area contributed by atoms with Gasteiger partial charge in [-0.3, -0.25) is 4.79 Å². The first kappa shape index (κ1) is 22.1. The SMILES string of the molecule is N#CC1=C2C(=O)c3ccccc3C2([O-])CC(=Nc2ccc(Cl)cc2)[N+](c2ccc(Cl)cc2)=C1N. The van der Waals surface area contributed by atoms with Crippen LogP contribution in [0.25, 0.3) is 0 Å². The summed E-state index contributed by atoms with van der Waals surface area (Å²) in [6.07, 6.45) is -0.206. The van der Waals surface area contributed by atoms with Crippen LogP contribution in [-0.2, 0) is 5.60 Å². The summed E-state index contributed by atoms with van der Waals surface area (Å²) in [7, 11) is 0. The van der Waals surface area contributed by atoms with Crippen molar-refractivity contribution in [3.8, 4) is 6.07 Å². The summed E-state index contributed by atoms with van der Waals surface area (Å²) in [5.74, 6) is -0.260. The Morgan fingerprint density at radius 1 is 1.00 bits per heavy atom. The average molecular weight is 487 g/mol. The smallest absolute Gasteiger partial charge is 0.243 e. The van der Waals surface area contributed by atoms with E-state index in [1.54, 1.807) is 72.8 Å². The summed E-state index contributed by atoms with van der Waals surface area (Å²) in [6, 6.07) is 22.2. The van der Waals surface area contributed by atoms with E-state index in [1.165, 1.54) is 4.58 Å². The van der Waals surface area contributed by atoms with Gasteiger partial charge in [0.05, 0.1) is 0 Å². The van der Waals surface area contributed by atoms with Gasteiger partial charge in [0.25, 0.3) is 0 Å². The van der Waals surface area contributed by atoms with Crippen LogP contribution in [0.1, 0.15) is 22.3 Å². The molecule has 34 heavy (non-hydrogen) atoms. The molecule has 1 heterocycles. The quantitative estimate of drug-likeness (QED) is 0.541. The van der Waals surface area contributed by atoms with Crippen molar-refractivity contribution in [1.82, 2.24) is 0 Å². The van der Waals surface area contributed by atoms with Gasteiger partial charge in [0, 0.05) is 27.6 Å². The lowest BCUT2D eigenvalue weighted by molar-refractivity contribution is -0.470. The number of nitriles is 1. The molecule has 0 saturated carbocycles. The molecule has 1 unspecified atom stereocenters. The number of fused-ring (bicyclic) bond motifs is 3. The first-order valence-electron chi connectivity index (χ1n) is 10.3. The van der Waals surface area contributed by atoms with E-state index < -0.39 is 11.4 Å².